The van der Waals surface area contributed by atoms with Gasteiger partial charge in [0.25, 0.3) is 0 Å². The van der Waals surface area contributed by atoms with Gasteiger partial charge in [0.1, 0.15) is 6.61 Å². The Labute approximate surface area is 124 Å². The third-order valence-electron chi connectivity index (χ3n) is 2.68. The van der Waals surface area contributed by atoms with E-state index in [-0.39, 0.29) is 0 Å². The van der Waals surface area contributed by atoms with Gasteiger partial charge in [-0.1, -0.05) is 33.2 Å². The summed E-state index contributed by atoms with van der Waals surface area (Å²) in [6.45, 7) is 1.99. The molecule has 5 heteroatoms. The molecule has 0 atom stereocenters. The molecule has 0 spiro atoms. The average Bonchev–Trinajstić information content (AvgIpc) is 2.44. The summed E-state index contributed by atoms with van der Waals surface area (Å²) < 4.78 is 26.9. The van der Waals surface area contributed by atoms with Crippen molar-refractivity contribution in [3.8, 4) is 0 Å². The van der Waals surface area contributed by atoms with Crippen LogP contribution in [0.2, 0.25) is 0 Å². The lowest BCUT2D eigenvalue weighted by Crippen LogP contribution is -1.98. The van der Waals surface area contributed by atoms with E-state index in [0.717, 1.165) is 22.2 Å². The zero-order valence-corrected chi connectivity index (χ0v) is 12.3. The van der Waals surface area contributed by atoms with Gasteiger partial charge >= 0.3 is 0 Å². The lowest BCUT2D eigenvalue weighted by Gasteiger charge is -2.03. The van der Waals surface area contributed by atoms with Gasteiger partial charge in [0.2, 0.25) is 0 Å². The fraction of sp³-hybridized carbons (Fsp3) is 0.133. The highest BCUT2D eigenvalue weighted by molar-refractivity contribution is 9.10. The van der Waals surface area contributed by atoms with Crippen LogP contribution in [-0.2, 0) is 11.4 Å². The molecular weight excluding hydrogens is 328 g/mol. The summed E-state index contributed by atoms with van der Waals surface area (Å²) in [4.78, 5) is 5.20. The minimum Gasteiger partial charge on any atom is -0.391 e. The van der Waals surface area contributed by atoms with Gasteiger partial charge in [-0.3, -0.25) is 0 Å². The first-order valence-electron chi connectivity index (χ1n) is 5.92. The van der Waals surface area contributed by atoms with Crippen molar-refractivity contribution in [1.82, 2.24) is 0 Å². The molecule has 2 rings (SSSR count). The van der Waals surface area contributed by atoms with Gasteiger partial charge in [-0.05, 0) is 42.8 Å². The molecule has 0 bridgehead atoms. The molecule has 104 valence electrons. The number of hydrogen-bond donors (Lipinski definition) is 0. The Bertz CT molecular complexity index is 626. The van der Waals surface area contributed by atoms with Crippen molar-refractivity contribution in [2.45, 2.75) is 13.5 Å². The van der Waals surface area contributed by atoms with Crippen LogP contribution in [0.25, 0.3) is 0 Å². The average molecular weight is 340 g/mol. The quantitative estimate of drug-likeness (QED) is 0.586. The maximum absolute atomic E-state index is 13.1. The Balaban J connectivity index is 2.00. The summed E-state index contributed by atoms with van der Waals surface area (Å²) in [5.41, 5.74) is 1.94. The summed E-state index contributed by atoms with van der Waals surface area (Å²) in [6, 6.07) is 11.3. The van der Waals surface area contributed by atoms with E-state index in [0.29, 0.717) is 17.9 Å². The van der Waals surface area contributed by atoms with Gasteiger partial charge < -0.3 is 4.84 Å². The molecule has 2 aromatic rings. The maximum atomic E-state index is 13.1. The molecule has 0 aliphatic rings. The van der Waals surface area contributed by atoms with Crippen molar-refractivity contribution in [2.75, 3.05) is 0 Å². The van der Waals surface area contributed by atoms with E-state index in [1.165, 1.54) is 6.07 Å². The third-order valence-corrected chi connectivity index (χ3v) is 3.21. The van der Waals surface area contributed by atoms with Crippen molar-refractivity contribution >= 4 is 21.6 Å². The van der Waals surface area contributed by atoms with Crippen molar-refractivity contribution in [3.05, 3.63) is 69.7 Å². The van der Waals surface area contributed by atoms with Crippen LogP contribution in [0.4, 0.5) is 8.78 Å². The molecule has 0 saturated heterocycles. The van der Waals surface area contributed by atoms with Crippen LogP contribution < -0.4 is 0 Å². The SMILES string of the molecule is C/C(=N/OCc1ccc(Br)cc1)c1ccc(F)c(F)c1. The number of halogens is 3. The molecule has 0 amide bonds. The largest absolute Gasteiger partial charge is 0.391 e. The van der Waals surface area contributed by atoms with Crippen molar-refractivity contribution in [2.24, 2.45) is 5.16 Å². The first-order chi connectivity index (χ1) is 9.56. The Kier molecular flexibility index (Phi) is 4.84. The molecule has 0 N–H and O–H groups in total. The molecule has 0 saturated carbocycles. The number of hydrogen-bond acceptors (Lipinski definition) is 2. The van der Waals surface area contributed by atoms with Gasteiger partial charge in [0.15, 0.2) is 11.6 Å². The first kappa shape index (κ1) is 14.7. The van der Waals surface area contributed by atoms with Gasteiger partial charge in [-0.25, -0.2) is 8.78 Å². The fourth-order valence-corrected chi connectivity index (χ4v) is 1.82. The lowest BCUT2D eigenvalue weighted by molar-refractivity contribution is 0.130. The Hall–Kier alpha value is -1.75. The zero-order valence-electron chi connectivity index (χ0n) is 10.7. The summed E-state index contributed by atoms with van der Waals surface area (Å²) in [7, 11) is 0. The van der Waals surface area contributed by atoms with E-state index < -0.39 is 11.6 Å². The van der Waals surface area contributed by atoms with Crippen LogP contribution >= 0.6 is 15.9 Å². The molecule has 0 heterocycles. The molecule has 0 unspecified atom stereocenters. The third kappa shape index (κ3) is 3.87. The number of benzene rings is 2. The maximum Gasteiger partial charge on any atom is 0.159 e. The van der Waals surface area contributed by atoms with Crippen LogP contribution in [0.1, 0.15) is 18.1 Å². The summed E-state index contributed by atoms with van der Waals surface area (Å²) in [5, 5.41) is 3.90. The summed E-state index contributed by atoms with van der Waals surface area (Å²) >= 11 is 3.35. The minimum absolute atomic E-state index is 0.314. The van der Waals surface area contributed by atoms with Crippen LogP contribution in [0.5, 0.6) is 0 Å². The Morgan fingerprint density at radius 1 is 1.10 bits per heavy atom. The van der Waals surface area contributed by atoms with Crippen LogP contribution in [0.3, 0.4) is 0 Å². The van der Waals surface area contributed by atoms with E-state index in [9.17, 15) is 8.78 Å². The molecule has 0 radical (unpaired) electrons. The Morgan fingerprint density at radius 3 is 2.45 bits per heavy atom. The Morgan fingerprint density at radius 2 is 1.80 bits per heavy atom. The van der Waals surface area contributed by atoms with Gasteiger partial charge in [0, 0.05) is 10.0 Å². The second-order valence-electron chi connectivity index (χ2n) is 4.21. The number of oxime groups is 1. The number of rotatable bonds is 4. The van der Waals surface area contributed by atoms with Gasteiger partial charge in [0.05, 0.1) is 5.71 Å². The van der Waals surface area contributed by atoms with Crippen LogP contribution in [0, 0.1) is 11.6 Å². The predicted molar refractivity (Wildman–Crippen MR) is 77.5 cm³/mol. The highest BCUT2D eigenvalue weighted by atomic mass is 79.9. The summed E-state index contributed by atoms with van der Waals surface area (Å²) in [5.74, 6) is -1.78. The number of nitrogens with zero attached hydrogens (tertiary/aromatic N) is 1. The second-order valence-corrected chi connectivity index (χ2v) is 5.12. The molecule has 0 aromatic heterocycles. The second kappa shape index (κ2) is 6.61. The van der Waals surface area contributed by atoms with Gasteiger partial charge in [-0.15, -0.1) is 0 Å². The standard InChI is InChI=1S/C15H12BrF2NO/c1-10(12-4-7-14(17)15(18)8-12)19-20-9-11-2-5-13(16)6-3-11/h2-8H,9H2,1H3/b19-10-. The molecule has 0 aliphatic carbocycles. The normalized spacial score (nSPS) is 11.5. The topological polar surface area (TPSA) is 21.6 Å². The zero-order chi connectivity index (χ0) is 14.5. The highest BCUT2D eigenvalue weighted by Gasteiger charge is 2.05. The monoisotopic (exact) mass is 339 g/mol. The van der Waals surface area contributed by atoms with Gasteiger partial charge in [-0.2, -0.15) is 0 Å². The van der Waals surface area contributed by atoms with Crippen molar-refractivity contribution < 1.29 is 13.6 Å². The molecule has 2 aromatic carbocycles. The fourth-order valence-electron chi connectivity index (χ4n) is 1.56. The smallest absolute Gasteiger partial charge is 0.159 e. The lowest BCUT2D eigenvalue weighted by atomic mass is 10.1. The van der Waals surface area contributed by atoms with E-state index in [1.54, 1.807) is 6.92 Å². The highest BCUT2D eigenvalue weighted by Crippen LogP contribution is 2.12. The molecule has 0 aliphatic heterocycles. The molecule has 0 fully saturated rings. The van der Waals surface area contributed by atoms with Crippen LogP contribution in [-0.4, -0.2) is 5.71 Å². The van der Waals surface area contributed by atoms with E-state index in [2.05, 4.69) is 21.1 Å². The molecular formula is C15H12BrF2NO. The van der Waals surface area contributed by atoms with Crippen molar-refractivity contribution in [1.29, 1.82) is 0 Å². The molecule has 2 nitrogen and oxygen atoms in total. The minimum atomic E-state index is -0.898. The van der Waals surface area contributed by atoms with E-state index in [1.807, 2.05) is 24.3 Å². The first-order valence-corrected chi connectivity index (χ1v) is 6.72. The predicted octanol–water partition coefficient (Wildman–Crippen LogP) is 4.67. The van der Waals surface area contributed by atoms with E-state index >= 15 is 0 Å². The van der Waals surface area contributed by atoms with Crippen molar-refractivity contribution in [3.63, 3.8) is 0 Å². The molecule has 20 heavy (non-hydrogen) atoms. The van der Waals surface area contributed by atoms with Crippen LogP contribution in [0.15, 0.2) is 52.1 Å². The van der Waals surface area contributed by atoms with E-state index in [4.69, 9.17) is 4.84 Å². The summed E-state index contributed by atoms with van der Waals surface area (Å²) in [6.07, 6.45) is 0.